The monoisotopic (exact) mass is 320 g/mol. The van der Waals surface area contributed by atoms with Gasteiger partial charge in [0.2, 0.25) is 5.91 Å². The molecule has 0 aliphatic carbocycles. The Morgan fingerprint density at radius 1 is 1.22 bits per heavy atom. The zero-order valence-corrected chi connectivity index (χ0v) is 13.5. The molecule has 2 rings (SSSR count). The van der Waals surface area contributed by atoms with Crippen molar-refractivity contribution in [2.24, 2.45) is 5.92 Å². The van der Waals surface area contributed by atoms with Gasteiger partial charge in [-0.3, -0.25) is 9.59 Å². The van der Waals surface area contributed by atoms with Gasteiger partial charge >= 0.3 is 0 Å². The molecule has 1 aromatic rings. The van der Waals surface area contributed by atoms with Gasteiger partial charge in [-0.1, -0.05) is 18.2 Å². The number of carbonyl (C=O) groups is 2. The second-order valence-electron chi connectivity index (χ2n) is 5.54. The molecule has 1 aliphatic heterocycles. The second kappa shape index (κ2) is 9.15. The fourth-order valence-corrected chi connectivity index (χ4v) is 2.56. The summed E-state index contributed by atoms with van der Waals surface area (Å²) in [6.45, 7) is 2.27. The number of benzene rings is 1. The molecule has 1 heterocycles. The van der Waals surface area contributed by atoms with E-state index >= 15 is 0 Å². The first-order valence-corrected chi connectivity index (χ1v) is 7.93. The summed E-state index contributed by atoms with van der Waals surface area (Å²) in [5, 5.41) is 2.85. The fraction of sp³-hybridized carbons (Fsp3) is 0.529. The summed E-state index contributed by atoms with van der Waals surface area (Å²) in [6, 6.07) is 9.28. The topological polar surface area (TPSA) is 67.9 Å². The molecule has 23 heavy (non-hydrogen) atoms. The number of nitrogens with zero attached hydrogens (tertiary/aromatic N) is 1. The highest BCUT2D eigenvalue weighted by Gasteiger charge is 2.27. The molecule has 0 atom stereocenters. The maximum Gasteiger partial charge on any atom is 0.260 e. The number of methoxy groups -OCH3 is 1. The molecule has 1 saturated heterocycles. The van der Waals surface area contributed by atoms with Crippen LogP contribution in [0.25, 0.3) is 0 Å². The Kier molecular flexibility index (Phi) is 6.87. The smallest absolute Gasteiger partial charge is 0.260 e. The maximum absolute atomic E-state index is 12.1. The van der Waals surface area contributed by atoms with E-state index in [0.717, 1.165) is 0 Å². The normalized spacial score (nSPS) is 15.3. The predicted octanol–water partition coefficient (Wildman–Crippen LogP) is 1.07. The predicted molar refractivity (Wildman–Crippen MR) is 86.1 cm³/mol. The van der Waals surface area contributed by atoms with Gasteiger partial charge < -0.3 is 19.7 Å². The standard InChI is InChI=1S/C17H24N2O4/c1-22-12-9-18-17(21)14-7-10-19(11-8-14)16(20)13-23-15-5-3-2-4-6-15/h2-6,14H,7-13H2,1H3,(H,18,21). The van der Waals surface area contributed by atoms with Crippen LogP contribution in [-0.2, 0) is 14.3 Å². The van der Waals surface area contributed by atoms with Crippen molar-refractivity contribution in [3.63, 3.8) is 0 Å². The Morgan fingerprint density at radius 3 is 2.57 bits per heavy atom. The van der Waals surface area contributed by atoms with Crippen LogP contribution in [0.2, 0.25) is 0 Å². The van der Waals surface area contributed by atoms with Crippen molar-refractivity contribution >= 4 is 11.8 Å². The number of piperidine rings is 1. The average Bonchev–Trinajstić information content (AvgIpc) is 2.61. The fourth-order valence-electron chi connectivity index (χ4n) is 2.56. The van der Waals surface area contributed by atoms with Gasteiger partial charge in [0.05, 0.1) is 6.61 Å². The third kappa shape index (κ3) is 5.56. The summed E-state index contributed by atoms with van der Waals surface area (Å²) in [5.74, 6) is 0.681. The minimum atomic E-state index is -0.0351. The molecule has 0 bridgehead atoms. The van der Waals surface area contributed by atoms with E-state index in [4.69, 9.17) is 9.47 Å². The molecule has 6 heteroatoms. The molecular weight excluding hydrogens is 296 g/mol. The van der Waals surface area contributed by atoms with Crippen molar-refractivity contribution in [3.8, 4) is 5.75 Å². The number of carbonyl (C=O) groups excluding carboxylic acids is 2. The number of nitrogens with one attached hydrogen (secondary N) is 1. The van der Waals surface area contributed by atoms with E-state index < -0.39 is 0 Å². The second-order valence-corrected chi connectivity index (χ2v) is 5.54. The summed E-state index contributed by atoms with van der Waals surface area (Å²) < 4.78 is 10.4. The zero-order valence-electron chi connectivity index (χ0n) is 13.5. The first-order valence-electron chi connectivity index (χ1n) is 7.93. The van der Waals surface area contributed by atoms with Gasteiger partial charge in [-0.25, -0.2) is 0 Å². The van der Waals surface area contributed by atoms with Gasteiger partial charge in [0.1, 0.15) is 5.75 Å². The maximum atomic E-state index is 12.1. The average molecular weight is 320 g/mol. The van der Waals surface area contributed by atoms with Crippen molar-refractivity contribution in [2.45, 2.75) is 12.8 Å². The van der Waals surface area contributed by atoms with Crippen molar-refractivity contribution in [1.29, 1.82) is 0 Å². The molecule has 0 unspecified atom stereocenters. The number of rotatable bonds is 7. The molecule has 1 aromatic carbocycles. The van der Waals surface area contributed by atoms with Crippen LogP contribution < -0.4 is 10.1 Å². The van der Waals surface area contributed by atoms with Gasteiger partial charge in [-0.15, -0.1) is 0 Å². The number of likely N-dealkylation sites (tertiary alicyclic amines) is 1. The highest BCUT2D eigenvalue weighted by molar-refractivity contribution is 5.80. The number of para-hydroxylation sites is 1. The van der Waals surface area contributed by atoms with Crippen LogP contribution >= 0.6 is 0 Å². The Morgan fingerprint density at radius 2 is 1.91 bits per heavy atom. The largest absolute Gasteiger partial charge is 0.484 e. The Bertz CT molecular complexity index is 499. The van der Waals surface area contributed by atoms with E-state index in [1.807, 2.05) is 30.3 Å². The van der Waals surface area contributed by atoms with E-state index in [1.165, 1.54) is 0 Å². The highest BCUT2D eigenvalue weighted by Crippen LogP contribution is 2.18. The lowest BCUT2D eigenvalue weighted by molar-refractivity contribution is -0.137. The molecule has 6 nitrogen and oxygen atoms in total. The van der Waals surface area contributed by atoms with Crippen molar-refractivity contribution in [2.75, 3.05) is 40.0 Å². The van der Waals surface area contributed by atoms with E-state index in [9.17, 15) is 9.59 Å². The Labute approximate surface area is 136 Å². The van der Waals surface area contributed by atoms with E-state index in [0.29, 0.717) is 44.8 Å². The number of hydrogen-bond donors (Lipinski definition) is 1. The molecule has 1 aliphatic rings. The van der Waals surface area contributed by atoms with E-state index in [-0.39, 0.29) is 24.3 Å². The molecule has 1 N–H and O–H groups in total. The van der Waals surface area contributed by atoms with Crippen molar-refractivity contribution in [3.05, 3.63) is 30.3 Å². The minimum absolute atomic E-state index is 0.0223. The van der Waals surface area contributed by atoms with Crippen LogP contribution in [0.15, 0.2) is 30.3 Å². The van der Waals surface area contributed by atoms with Crippen LogP contribution in [0.3, 0.4) is 0 Å². The number of hydrogen-bond acceptors (Lipinski definition) is 4. The summed E-state index contributed by atoms with van der Waals surface area (Å²) in [4.78, 5) is 25.9. The summed E-state index contributed by atoms with van der Waals surface area (Å²) in [7, 11) is 1.60. The Hall–Kier alpha value is -2.08. The first kappa shape index (κ1) is 17.3. The lowest BCUT2D eigenvalue weighted by Gasteiger charge is -2.31. The van der Waals surface area contributed by atoms with Gasteiger partial charge in [0, 0.05) is 32.7 Å². The summed E-state index contributed by atoms with van der Waals surface area (Å²) in [6.07, 6.45) is 1.38. The van der Waals surface area contributed by atoms with E-state index in [2.05, 4.69) is 5.32 Å². The number of ether oxygens (including phenoxy) is 2. The third-order valence-corrected chi connectivity index (χ3v) is 3.93. The third-order valence-electron chi connectivity index (χ3n) is 3.93. The molecule has 0 aromatic heterocycles. The molecule has 1 fully saturated rings. The molecule has 0 spiro atoms. The van der Waals surface area contributed by atoms with Gasteiger partial charge in [-0.05, 0) is 25.0 Å². The lowest BCUT2D eigenvalue weighted by atomic mass is 9.96. The van der Waals surface area contributed by atoms with Crippen LogP contribution in [0.4, 0.5) is 0 Å². The molecular formula is C17H24N2O4. The van der Waals surface area contributed by atoms with Gasteiger partial charge in [0.15, 0.2) is 6.61 Å². The Balaban J connectivity index is 1.69. The molecule has 0 radical (unpaired) electrons. The summed E-state index contributed by atoms with van der Waals surface area (Å²) in [5.41, 5.74) is 0. The van der Waals surface area contributed by atoms with Crippen LogP contribution in [0.5, 0.6) is 5.75 Å². The van der Waals surface area contributed by atoms with Gasteiger partial charge in [0.25, 0.3) is 5.91 Å². The van der Waals surface area contributed by atoms with Crippen molar-refractivity contribution in [1.82, 2.24) is 10.2 Å². The SMILES string of the molecule is COCCNC(=O)C1CCN(C(=O)COc2ccccc2)CC1. The molecule has 2 amide bonds. The van der Waals surface area contributed by atoms with E-state index in [1.54, 1.807) is 12.0 Å². The quantitative estimate of drug-likeness (QED) is 0.763. The molecule has 126 valence electrons. The van der Waals surface area contributed by atoms with Crippen LogP contribution in [-0.4, -0.2) is 56.7 Å². The zero-order chi connectivity index (χ0) is 16.5. The van der Waals surface area contributed by atoms with Crippen LogP contribution in [0, 0.1) is 5.92 Å². The van der Waals surface area contributed by atoms with Crippen LogP contribution in [0.1, 0.15) is 12.8 Å². The molecule has 0 saturated carbocycles. The first-order chi connectivity index (χ1) is 11.2. The highest BCUT2D eigenvalue weighted by atomic mass is 16.5. The van der Waals surface area contributed by atoms with Gasteiger partial charge in [-0.2, -0.15) is 0 Å². The number of amides is 2. The minimum Gasteiger partial charge on any atom is -0.484 e. The lowest BCUT2D eigenvalue weighted by Crippen LogP contribution is -2.44. The van der Waals surface area contributed by atoms with Crippen molar-refractivity contribution < 1.29 is 19.1 Å². The summed E-state index contributed by atoms with van der Waals surface area (Å²) >= 11 is 0.